The van der Waals surface area contributed by atoms with E-state index >= 15 is 0 Å². The summed E-state index contributed by atoms with van der Waals surface area (Å²) in [4.78, 5) is 15.1. The number of carbonyl (C=O) groups is 1. The van der Waals surface area contributed by atoms with Gasteiger partial charge < -0.3 is 9.63 Å². The Morgan fingerprint density at radius 3 is 2.76 bits per heavy atom. The summed E-state index contributed by atoms with van der Waals surface area (Å²) in [5, 5.41) is 17.5. The highest BCUT2D eigenvalue weighted by Crippen LogP contribution is 2.54. The van der Waals surface area contributed by atoms with E-state index in [4.69, 9.17) is 21.2 Å². The first-order valence-electron chi connectivity index (χ1n) is 8.99. The van der Waals surface area contributed by atoms with Crippen molar-refractivity contribution in [2.45, 2.75) is 44.6 Å². The minimum atomic E-state index is -2.81. The molecule has 0 spiro atoms. The molecule has 4 rings (SSSR count). The van der Waals surface area contributed by atoms with Gasteiger partial charge in [0.05, 0.1) is 18.4 Å². The maximum atomic E-state index is 13.3. The van der Waals surface area contributed by atoms with Gasteiger partial charge in [-0.25, -0.2) is 8.78 Å². The maximum Gasteiger partial charge on any atom is 0.305 e. The molecule has 10 heteroatoms. The van der Waals surface area contributed by atoms with Crippen molar-refractivity contribution in [2.75, 3.05) is 0 Å². The van der Waals surface area contributed by atoms with Gasteiger partial charge in [-0.1, -0.05) is 28.9 Å². The molecule has 29 heavy (non-hydrogen) atoms. The average Bonchev–Trinajstić information content (AvgIpc) is 3.12. The Bertz CT molecular complexity index is 1080. The third kappa shape index (κ3) is 3.62. The lowest BCUT2D eigenvalue weighted by Crippen LogP contribution is -2.11. The summed E-state index contributed by atoms with van der Waals surface area (Å²) in [7, 11) is 0. The molecule has 152 valence electrons. The number of aryl methyl sites for hydroxylation is 2. The predicted molar refractivity (Wildman–Crippen MR) is 98.9 cm³/mol. The summed E-state index contributed by atoms with van der Waals surface area (Å²) in [6, 6.07) is 6.91. The van der Waals surface area contributed by atoms with Gasteiger partial charge in [-0.15, -0.1) is 0 Å². The molecular formula is C19H17ClF2N4O3. The lowest BCUT2D eigenvalue weighted by molar-refractivity contribution is -0.137. The Morgan fingerprint density at radius 1 is 1.38 bits per heavy atom. The molecule has 1 N–H and O–H groups in total. The number of rotatable bonds is 7. The zero-order chi connectivity index (χ0) is 20.8. The lowest BCUT2D eigenvalue weighted by atomic mass is 9.94. The van der Waals surface area contributed by atoms with Gasteiger partial charge in [0.25, 0.3) is 12.3 Å². The van der Waals surface area contributed by atoms with Crippen LogP contribution in [0.3, 0.4) is 0 Å². The molecular weight excluding hydrogens is 406 g/mol. The van der Waals surface area contributed by atoms with Crippen molar-refractivity contribution in [1.82, 2.24) is 19.9 Å². The topological polar surface area (TPSA) is 94.0 Å². The molecule has 0 unspecified atom stereocenters. The number of halogens is 3. The van der Waals surface area contributed by atoms with Gasteiger partial charge in [-0.3, -0.25) is 9.48 Å². The van der Waals surface area contributed by atoms with E-state index < -0.39 is 23.5 Å². The molecule has 0 radical (unpaired) electrons. The van der Waals surface area contributed by atoms with Crippen molar-refractivity contribution in [1.29, 1.82) is 0 Å². The Morgan fingerprint density at radius 2 is 2.14 bits per heavy atom. The number of nitrogens with zero attached hydrogens (tertiary/aromatic N) is 4. The van der Waals surface area contributed by atoms with E-state index in [1.807, 2.05) is 25.1 Å². The standard InChI is InChI=1S/C19H17ClF2N4O3/c1-10-2-3-11(12(20)8-10)19(5-6-19)18-23-17(29-25-18)13-9-14(16(21)22)26(24-13)7-4-15(27)28/h2-3,8-9,16H,4-7H2,1H3,(H,27,28). The number of benzene rings is 1. The highest BCUT2D eigenvalue weighted by atomic mass is 35.5. The number of aliphatic carboxylic acids is 1. The molecule has 2 aromatic heterocycles. The van der Waals surface area contributed by atoms with Gasteiger partial charge in [0.2, 0.25) is 0 Å². The maximum absolute atomic E-state index is 13.3. The van der Waals surface area contributed by atoms with E-state index in [0.717, 1.165) is 34.7 Å². The van der Waals surface area contributed by atoms with E-state index in [1.54, 1.807) is 0 Å². The predicted octanol–water partition coefficient (Wildman–Crippen LogP) is 4.39. The zero-order valence-corrected chi connectivity index (χ0v) is 16.2. The van der Waals surface area contributed by atoms with Crippen LogP contribution in [0.1, 0.15) is 48.3 Å². The van der Waals surface area contributed by atoms with Gasteiger partial charge in [-0.05, 0) is 43.0 Å². The monoisotopic (exact) mass is 422 g/mol. The van der Waals surface area contributed by atoms with Crippen LogP contribution in [0.2, 0.25) is 5.02 Å². The summed E-state index contributed by atoms with van der Waals surface area (Å²) in [5.74, 6) is -0.671. The molecule has 0 bridgehead atoms. The number of alkyl halides is 2. The van der Waals surface area contributed by atoms with E-state index in [9.17, 15) is 13.6 Å². The fourth-order valence-electron chi connectivity index (χ4n) is 3.36. The molecule has 1 aliphatic carbocycles. The van der Waals surface area contributed by atoms with Gasteiger partial charge in [0.1, 0.15) is 5.69 Å². The fourth-order valence-corrected chi connectivity index (χ4v) is 3.78. The minimum Gasteiger partial charge on any atom is -0.481 e. The molecule has 1 saturated carbocycles. The Labute approximate surface area is 169 Å². The number of carboxylic acid groups (broad SMARTS) is 1. The number of hydrogen-bond acceptors (Lipinski definition) is 5. The lowest BCUT2D eigenvalue weighted by Gasteiger charge is -2.13. The van der Waals surface area contributed by atoms with Crippen molar-refractivity contribution < 1.29 is 23.2 Å². The number of carboxylic acids is 1. The van der Waals surface area contributed by atoms with Gasteiger partial charge in [-0.2, -0.15) is 10.1 Å². The number of hydrogen-bond donors (Lipinski definition) is 1. The second-order valence-electron chi connectivity index (χ2n) is 7.11. The molecule has 1 fully saturated rings. The summed E-state index contributed by atoms with van der Waals surface area (Å²) in [5.41, 5.74) is 1.16. The van der Waals surface area contributed by atoms with E-state index in [-0.39, 0.29) is 24.6 Å². The third-order valence-electron chi connectivity index (χ3n) is 5.04. The summed E-state index contributed by atoms with van der Waals surface area (Å²) < 4.78 is 32.8. The first kappa shape index (κ1) is 19.5. The van der Waals surface area contributed by atoms with E-state index in [1.165, 1.54) is 0 Å². The van der Waals surface area contributed by atoms with E-state index in [0.29, 0.717) is 10.8 Å². The molecule has 3 aromatic rings. The van der Waals surface area contributed by atoms with Gasteiger partial charge in [0, 0.05) is 5.02 Å². The molecule has 0 aliphatic heterocycles. The van der Waals surface area contributed by atoms with Crippen molar-refractivity contribution in [2.24, 2.45) is 0 Å². The Kier molecular flexibility index (Phi) is 4.85. The van der Waals surface area contributed by atoms with Crippen LogP contribution >= 0.6 is 11.6 Å². The van der Waals surface area contributed by atoms with Crippen LogP contribution in [0.15, 0.2) is 28.8 Å². The second-order valence-corrected chi connectivity index (χ2v) is 7.52. The molecule has 7 nitrogen and oxygen atoms in total. The largest absolute Gasteiger partial charge is 0.481 e. The minimum absolute atomic E-state index is 0.00508. The quantitative estimate of drug-likeness (QED) is 0.607. The first-order valence-corrected chi connectivity index (χ1v) is 9.37. The van der Waals surface area contributed by atoms with Crippen molar-refractivity contribution in [3.8, 4) is 11.6 Å². The molecule has 2 heterocycles. The highest BCUT2D eigenvalue weighted by molar-refractivity contribution is 6.31. The van der Waals surface area contributed by atoms with Crippen LogP contribution in [0.4, 0.5) is 8.78 Å². The third-order valence-corrected chi connectivity index (χ3v) is 5.35. The van der Waals surface area contributed by atoms with Crippen LogP contribution in [0, 0.1) is 6.92 Å². The fraction of sp³-hybridized carbons (Fsp3) is 0.368. The Hall–Kier alpha value is -2.81. The van der Waals surface area contributed by atoms with E-state index in [2.05, 4.69) is 15.2 Å². The molecule has 0 atom stereocenters. The average molecular weight is 423 g/mol. The van der Waals surface area contributed by atoms with Crippen LogP contribution in [-0.4, -0.2) is 31.0 Å². The summed E-state index contributed by atoms with van der Waals surface area (Å²) >= 11 is 6.41. The summed E-state index contributed by atoms with van der Waals surface area (Å²) in [6.45, 7) is 1.77. The molecule has 1 aliphatic rings. The smallest absolute Gasteiger partial charge is 0.305 e. The summed E-state index contributed by atoms with van der Waals surface area (Å²) in [6.07, 6.45) is -1.55. The molecule has 1 aromatic carbocycles. The van der Waals surface area contributed by atoms with Crippen LogP contribution in [0.5, 0.6) is 0 Å². The normalized spacial score (nSPS) is 15.1. The highest BCUT2D eigenvalue weighted by Gasteiger charge is 2.51. The van der Waals surface area contributed by atoms with Crippen molar-refractivity contribution >= 4 is 17.6 Å². The Balaban J connectivity index is 1.66. The second kappa shape index (κ2) is 7.22. The first-order chi connectivity index (χ1) is 13.8. The van der Waals surface area contributed by atoms with Crippen LogP contribution in [-0.2, 0) is 16.8 Å². The van der Waals surface area contributed by atoms with Gasteiger partial charge >= 0.3 is 5.97 Å². The van der Waals surface area contributed by atoms with Gasteiger partial charge in [0.15, 0.2) is 11.5 Å². The molecule has 0 amide bonds. The zero-order valence-electron chi connectivity index (χ0n) is 15.4. The van der Waals surface area contributed by atoms with Crippen LogP contribution in [0.25, 0.3) is 11.6 Å². The molecule has 0 saturated heterocycles. The van der Waals surface area contributed by atoms with Crippen molar-refractivity contribution in [3.63, 3.8) is 0 Å². The van der Waals surface area contributed by atoms with Crippen LogP contribution < -0.4 is 0 Å². The number of aromatic nitrogens is 4. The SMILES string of the molecule is Cc1ccc(C2(c3noc(-c4cc(C(F)F)n(CCC(=O)O)n4)n3)CC2)c(Cl)c1. The van der Waals surface area contributed by atoms with Crippen molar-refractivity contribution in [3.05, 3.63) is 51.9 Å².